The molecule has 3 heterocycles. The van der Waals surface area contributed by atoms with Crippen LogP contribution in [-0.4, -0.2) is 39.5 Å². The predicted molar refractivity (Wildman–Crippen MR) is 83.1 cm³/mol. The van der Waals surface area contributed by atoms with E-state index >= 15 is 0 Å². The summed E-state index contributed by atoms with van der Waals surface area (Å²) in [5, 5.41) is 4.57. The van der Waals surface area contributed by atoms with Gasteiger partial charge in [-0.05, 0) is 56.1 Å². The van der Waals surface area contributed by atoms with E-state index in [2.05, 4.69) is 27.7 Å². The van der Waals surface area contributed by atoms with Gasteiger partial charge < -0.3 is 10.5 Å². The Labute approximate surface area is 125 Å². The summed E-state index contributed by atoms with van der Waals surface area (Å²) in [5.74, 6) is 2.48. The van der Waals surface area contributed by atoms with Crippen LogP contribution in [0, 0.1) is 0 Å². The molecule has 2 unspecified atom stereocenters. The summed E-state index contributed by atoms with van der Waals surface area (Å²) < 4.78 is 8.31. The lowest BCUT2D eigenvalue weighted by Gasteiger charge is -2.43. The van der Waals surface area contributed by atoms with Gasteiger partial charge in [-0.1, -0.05) is 0 Å². The van der Waals surface area contributed by atoms with Gasteiger partial charge >= 0.3 is 0 Å². The second-order valence-corrected chi connectivity index (χ2v) is 7.53. The van der Waals surface area contributed by atoms with Crippen LogP contribution in [0.3, 0.4) is 0 Å². The Balaban J connectivity index is 1.68. The van der Waals surface area contributed by atoms with Crippen molar-refractivity contribution in [2.24, 2.45) is 5.73 Å². The van der Waals surface area contributed by atoms with Crippen LogP contribution >= 0.6 is 11.8 Å². The molecule has 2 fully saturated rings. The van der Waals surface area contributed by atoms with Crippen LogP contribution in [0.15, 0.2) is 12.4 Å². The second kappa shape index (κ2) is 6.08. The first kappa shape index (κ1) is 14.4. The predicted octanol–water partition coefficient (Wildman–Crippen LogP) is 2.39. The Hall–Kier alpha value is -0.520. The summed E-state index contributed by atoms with van der Waals surface area (Å²) in [5.41, 5.74) is 7.24. The maximum absolute atomic E-state index is 6.16. The van der Waals surface area contributed by atoms with E-state index in [9.17, 15) is 0 Å². The molecule has 5 heteroatoms. The lowest BCUT2D eigenvalue weighted by molar-refractivity contribution is -0.100. The average Bonchev–Trinajstić information content (AvgIpc) is 2.87. The third kappa shape index (κ3) is 3.21. The minimum absolute atomic E-state index is 0.126. The number of hydrogen-bond donors (Lipinski definition) is 1. The molecule has 0 bridgehead atoms. The van der Waals surface area contributed by atoms with Gasteiger partial charge in [0, 0.05) is 18.8 Å². The molecular formula is C15H25N3OS. The van der Waals surface area contributed by atoms with E-state index in [1.54, 1.807) is 0 Å². The lowest BCUT2D eigenvalue weighted by atomic mass is 9.85. The fourth-order valence-electron chi connectivity index (χ4n) is 3.37. The van der Waals surface area contributed by atoms with Gasteiger partial charge in [-0.15, -0.1) is 0 Å². The van der Waals surface area contributed by atoms with Crippen molar-refractivity contribution in [1.82, 2.24) is 9.78 Å². The zero-order chi connectivity index (χ0) is 14.0. The van der Waals surface area contributed by atoms with Crippen molar-refractivity contribution in [3.8, 4) is 0 Å². The Kier molecular flexibility index (Phi) is 4.38. The summed E-state index contributed by atoms with van der Waals surface area (Å²) in [7, 11) is 0. The molecule has 1 spiro atoms. The number of aromatic nitrogens is 2. The molecule has 2 saturated heterocycles. The van der Waals surface area contributed by atoms with E-state index in [4.69, 9.17) is 10.5 Å². The SMILES string of the molecule is CC(N)Cc1cnn(C2CCOC3(CCSCC3)C2)c1. The summed E-state index contributed by atoms with van der Waals surface area (Å²) in [6, 6.07) is 0.692. The fraction of sp³-hybridized carbons (Fsp3) is 0.800. The van der Waals surface area contributed by atoms with Gasteiger partial charge in [0.25, 0.3) is 0 Å². The van der Waals surface area contributed by atoms with Crippen molar-refractivity contribution in [1.29, 1.82) is 0 Å². The Bertz CT molecular complexity index is 435. The molecule has 1 aromatic heterocycles. The fourth-order valence-corrected chi connectivity index (χ4v) is 4.61. The van der Waals surface area contributed by atoms with Crippen molar-refractivity contribution < 1.29 is 4.74 Å². The van der Waals surface area contributed by atoms with Crippen molar-refractivity contribution in [3.63, 3.8) is 0 Å². The number of rotatable bonds is 3. The molecule has 0 aliphatic carbocycles. The minimum atomic E-state index is 0.126. The third-order valence-corrected chi connectivity index (χ3v) is 5.44. The van der Waals surface area contributed by atoms with Crippen molar-refractivity contribution in [2.45, 2.75) is 56.7 Å². The normalized spacial score (nSPS) is 27.6. The van der Waals surface area contributed by atoms with Crippen LogP contribution in [0.4, 0.5) is 0 Å². The van der Waals surface area contributed by atoms with E-state index in [1.807, 2.05) is 13.1 Å². The van der Waals surface area contributed by atoms with Gasteiger partial charge in [-0.2, -0.15) is 16.9 Å². The smallest absolute Gasteiger partial charge is 0.0718 e. The Morgan fingerprint density at radius 2 is 2.35 bits per heavy atom. The molecule has 0 saturated carbocycles. The molecule has 2 aliphatic rings. The highest BCUT2D eigenvalue weighted by molar-refractivity contribution is 7.99. The largest absolute Gasteiger partial charge is 0.375 e. The Morgan fingerprint density at radius 3 is 3.10 bits per heavy atom. The van der Waals surface area contributed by atoms with E-state index in [1.165, 1.54) is 29.9 Å². The average molecular weight is 295 g/mol. The quantitative estimate of drug-likeness (QED) is 0.930. The maximum Gasteiger partial charge on any atom is 0.0718 e. The zero-order valence-corrected chi connectivity index (χ0v) is 13.1. The first-order chi connectivity index (χ1) is 9.67. The molecule has 0 amide bonds. The molecule has 3 rings (SSSR count). The van der Waals surface area contributed by atoms with Crippen LogP contribution in [-0.2, 0) is 11.2 Å². The Morgan fingerprint density at radius 1 is 1.55 bits per heavy atom. The monoisotopic (exact) mass is 295 g/mol. The van der Waals surface area contributed by atoms with Crippen LogP contribution in [0.1, 0.15) is 44.2 Å². The molecule has 1 aromatic rings. The van der Waals surface area contributed by atoms with E-state index in [0.29, 0.717) is 6.04 Å². The van der Waals surface area contributed by atoms with Gasteiger partial charge in [-0.25, -0.2) is 0 Å². The molecule has 0 radical (unpaired) electrons. The lowest BCUT2D eigenvalue weighted by Crippen LogP contribution is -2.43. The van der Waals surface area contributed by atoms with Crippen molar-refractivity contribution >= 4 is 11.8 Å². The number of hydrogen-bond acceptors (Lipinski definition) is 4. The molecule has 112 valence electrons. The van der Waals surface area contributed by atoms with E-state index < -0.39 is 0 Å². The topological polar surface area (TPSA) is 53.1 Å². The first-order valence-electron chi connectivity index (χ1n) is 7.67. The molecule has 2 N–H and O–H groups in total. The molecule has 2 aliphatic heterocycles. The van der Waals surface area contributed by atoms with Gasteiger partial charge in [0.2, 0.25) is 0 Å². The molecule has 0 aromatic carbocycles. The third-order valence-electron chi connectivity index (χ3n) is 4.46. The highest BCUT2D eigenvalue weighted by Crippen LogP contribution is 2.41. The summed E-state index contributed by atoms with van der Waals surface area (Å²) in [4.78, 5) is 0. The van der Waals surface area contributed by atoms with Crippen LogP contribution < -0.4 is 5.73 Å². The maximum atomic E-state index is 6.16. The van der Waals surface area contributed by atoms with Crippen LogP contribution in [0.25, 0.3) is 0 Å². The number of ether oxygens (including phenoxy) is 1. The van der Waals surface area contributed by atoms with Crippen LogP contribution in [0.2, 0.25) is 0 Å². The molecular weight excluding hydrogens is 270 g/mol. The molecule has 20 heavy (non-hydrogen) atoms. The van der Waals surface area contributed by atoms with Crippen molar-refractivity contribution in [2.75, 3.05) is 18.1 Å². The second-order valence-electron chi connectivity index (χ2n) is 6.30. The van der Waals surface area contributed by atoms with E-state index in [0.717, 1.165) is 25.9 Å². The summed E-state index contributed by atoms with van der Waals surface area (Å²) in [6.07, 6.45) is 9.66. The number of thioether (sulfide) groups is 1. The number of nitrogens with zero attached hydrogens (tertiary/aromatic N) is 2. The van der Waals surface area contributed by atoms with E-state index in [-0.39, 0.29) is 11.6 Å². The van der Waals surface area contributed by atoms with Gasteiger partial charge in [0.1, 0.15) is 0 Å². The molecule has 2 atom stereocenters. The summed E-state index contributed by atoms with van der Waals surface area (Å²) >= 11 is 2.05. The van der Waals surface area contributed by atoms with Gasteiger partial charge in [-0.3, -0.25) is 4.68 Å². The van der Waals surface area contributed by atoms with Crippen molar-refractivity contribution in [3.05, 3.63) is 18.0 Å². The van der Waals surface area contributed by atoms with Crippen LogP contribution in [0.5, 0.6) is 0 Å². The zero-order valence-electron chi connectivity index (χ0n) is 12.3. The number of nitrogens with two attached hydrogens (primary N) is 1. The molecule has 4 nitrogen and oxygen atoms in total. The highest BCUT2D eigenvalue weighted by Gasteiger charge is 2.39. The van der Waals surface area contributed by atoms with Gasteiger partial charge in [0.05, 0.1) is 17.8 Å². The highest BCUT2D eigenvalue weighted by atomic mass is 32.2. The standard InChI is InChI=1S/C15H25N3OS/c1-12(16)8-13-10-17-18(11-13)14-2-5-19-15(9-14)3-6-20-7-4-15/h10-12,14H,2-9,16H2,1H3. The first-order valence-corrected chi connectivity index (χ1v) is 8.83. The minimum Gasteiger partial charge on any atom is -0.375 e. The summed E-state index contributed by atoms with van der Waals surface area (Å²) in [6.45, 7) is 2.91. The van der Waals surface area contributed by atoms with Gasteiger partial charge in [0.15, 0.2) is 0 Å².